The summed E-state index contributed by atoms with van der Waals surface area (Å²) in [5, 5.41) is 94.0. The number of guanidine groups is 2. The fourth-order valence-electron chi connectivity index (χ4n) is 11.9. The van der Waals surface area contributed by atoms with E-state index in [2.05, 4.69) is 27.5 Å². The molecule has 7 heterocycles. The van der Waals surface area contributed by atoms with E-state index in [9.17, 15) is 45.6 Å². The van der Waals surface area contributed by atoms with Crippen LogP contribution in [0.5, 0.6) is 0 Å². The average Bonchev–Trinajstić information content (AvgIpc) is 3.80. The number of allylic oxidation sites excluding steroid dienone is 1. The first kappa shape index (κ1) is 57.0. The maximum Gasteiger partial charge on any atom is 0.339 e. The molecule has 1 saturated heterocycles. The van der Waals surface area contributed by atoms with E-state index in [1.165, 1.54) is 55.6 Å². The lowest BCUT2D eigenvalue weighted by molar-refractivity contribution is -0.417. The maximum absolute atomic E-state index is 15.5. The fourth-order valence-corrected chi connectivity index (χ4v) is 18.9. The molecule has 0 radical (unpaired) electrons. The van der Waals surface area contributed by atoms with Gasteiger partial charge in [0.1, 0.15) is 23.1 Å². The summed E-state index contributed by atoms with van der Waals surface area (Å²) >= 11 is 0. The number of aliphatic imine (C=N–C) groups is 2. The summed E-state index contributed by atoms with van der Waals surface area (Å²) in [6.07, 6.45) is 1.00. The molecule has 0 amide bonds. The normalized spacial score (nSPS) is 38.2. The van der Waals surface area contributed by atoms with Crippen LogP contribution in [0.4, 0.5) is 0 Å². The Labute approximate surface area is 456 Å². The third kappa shape index (κ3) is 11.4. The zero-order valence-corrected chi connectivity index (χ0v) is 45.4. The largest absolute Gasteiger partial charge is 0.478 e. The predicted octanol–water partition coefficient (Wildman–Crippen LogP) is 0.141. The molecule has 22 nitrogen and oxygen atoms in total. The summed E-state index contributed by atoms with van der Waals surface area (Å²) in [5.74, 6) is 1.51. The number of aliphatic hydroxyl groups excluding tert-OH is 5. The first-order valence-electron chi connectivity index (χ1n) is 25.7. The first-order valence-corrected chi connectivity index (χ1v) is 30.4. The van der Waals surface area contributed by atoms with Crippen molar-refractivity contribution in [3.05, 3.63) is 58.7 Å². The first-order chi connectivity index (χ1) is 36.4. The molecule has 2 aliphatic carbocycles. The van der Waals surface area contributed by atoms with E-state index in [0.29, 0.717) is 54.8 Å². The Bertz CT molecular complexity index is 2480. The second kappa shape index (κ2) is 24.0. The molecule has 0 aromatic heterocycles. The molecule has 76 heavy (non-hydrogen) atoms. The van der Waals surface area contributed by atoms with Gasteiger partial charge in [0.15, 0.2) is 24.3 Å². The molecule has 0 unspecified atom stereocenters. The zero-order chi connectivity index (χ0) is 54.1. The van der Waals surface area contributed by atoms with E-state index in [-0.39, 0.29) is 85.8 Å². The van der Waals surface area contributed by atoms with E-state index in [0.717, 1.165) is 0 Å². The van der Waals surface area contributed by atoms with E-state index < -0.39 is 107 Å². The van der Waals surface area contributed by atoms with Crippen molar-refractivity contribution in [2.24, 2.45) is 44.6 Å². The fraction of sp³-hybridized carbons (Fsp3) is 0.680. The van der Waals surface area contributed by atoms with Crippen LogP contribution >= 0.6 is 43.2 Å². The van der Waals surface area contributed by atoms with Crippen LogP contribution in [0, 0.1) is 35.0 Å². The quantitative estimate of drug-likeness (QED) is 0.0181. The zero-order valence-electron chi connectivity index (χ0n) is 42.1. The van der Waals surface area contributed by atoms with Gasteiger partial charge in [0.25, 0.3) is 0 Å². The summed E-state index contributed by atoms with van der Waals surface area (Å²) in [5.41, 5.74) is 12.1. The van der Waals surface area contributed by atoms with Gasteiger partial charge in [-0.25, -0.2) is 9.59 Å². The minimum Gasteiger partial charge on any atom is -0.478 e. The predicted molar refractivity (Wildman–Crippen MR) is 286 cm³/mol. The summed E-state index contributed by atoms with van der Waals surface area (Å²) in [4.78, 5) is 40.3. The molecule has 15 atom stereocenters. The molecular formula is C50H69N7O15S4. The summed E-state index contributed by atoms with van der Waals surface area (Å²) in [6, 6.07) is -1.50. The monoisotopic (exact) mass is 1140 g/mol. The second-order valence-electron chi connectivity index (χ2n) is 20.8. The number of esters is 1. The Morgan fingerprint density at radius 1 is 1.14 bits per heavy atom. The van der Waals surface area contributed by atoms with Gasteiger partial charge in [-0.05, 0) is 76.4 Å². The Balaban J connectivity index is 1.37. The molecule has 7 aliphatic heterocycles. The summed E-state index contributed by atoms with van der Waals surface area (Å²) in [6.45, 7) is 1.86. The van der Waals surface area contributed by atoms with Crippen LogP contribution in [-0.2, 0) is 33.3 Å². The van der Waals surface area contributed by atoms with Gasteiger partial charge in [-0.1, -0.05) is 67.2 Å². The van der Waals surface area contributed by atoms with E-state index in [4.69, 9.17) is 40.1 Å². The van der Waals surface area contributed by atoms with Crippen molar-refractivity contribution in [1.29, 1.82) is 0 Å². The lowest BCUT2D eigenvalue weighted by atomic mass is 9.63. The van der Waals surface area contributed by atoms with Crippen LogP contribution in [0.1, 0.15) is 58.8 Å². The molecule has 418 valence electrons. The molecule has 0 aromatic rings. The molecule has 9 rings (SSSR count). The highest BCUT2D eigenvalue weighted by molar-refractivity contribution is 8.79. The molecule has 9 bridgehead atoms. The van der Waals surface area contributed by atoms with E-state index in [1.54, 1.807) is 19.9 Å². The minimum absolute atomic E-state index is 0.00469. The van der Waals surface area contributed by atoms with Crippen molar-refractivity contribution in [3.8, 4) is 11.8 Å². The Morgan fingerprint density at radius 2 is 1.96 bits per heavy atom. The second-order valence-corrected chi connectivity index (χ2v) is 26.1. The third-order valence-corrected chi connectivity index (χ3v) is 21.7. The number of hydrogen-bond donors (Lipinski definition) is 12. The van der Waals surface area contributed by atoms with Crippen molar-refractivity contribution in [2.45, 2.75) is 136 Å². The number of nitrogens with zero attached hydrogens (tertiary/aromatic N) is 3. The molecule has 26 heteroatoms. The third-order valence-electron chi connectivity index (χ3n) is 15.6. The molecule has 14 N–H and O–H groups in total. The van der Waals surface area contributed by atoms with Gasteiger partial charge in [-0.3, -0.25) is 9.98 Å². The maximum atomic E-state index is 15.5. The number of nitrogens with one attached hydrogen (secondary N) is 2. The number of rotatable bonds is 12. The van der Waals surface area contributed by atoms with Gasteiger partial charge in [0, 0.05) is 67.5 Å². The average molecular weight is 1140 g/mol. The van der Waals surface area contributed by atoms with Crippen LogP contribution in [0.3, 0.4) is 0 Å². The summed E-state index contributed by atoms with van der Waals surface area (Å²) in [7, 11) is 6.11. The molecule has 2 fully saturated rings. The SMILES string of the molecule is CC(C)O[C@H]1[C@H](O[C@@H]2OC=C3C(=O)O[C@H]4CC[C@H](CO)[C@H]4CSS[C@H]4[C@@H](CO)N5C=C(C(=O)O)C(NC(N)=NCCCO)=C(C=C6C#C[C@@]47C[C@@H]4C[C@@H](CC[C@@]2(C=CCSS7)[C@H]63)N=C(N)N4)C5)O[C@H](CO)[C@@H](O)C1(O)O. The van der Waals surface area contributed by atoms with Gasteiger partial charge in [0.2, 0.25) is 12.1 Å². The lowest BCUT2D eigenvalue weighted by Crippen LogP contribution is -2.69. The van der Waals surface area contributed by atoms with Crippen LogP contribution in [0.2, 0.25) is 0 Å². The summed E-state index contributed by atoms with van der Waals surface area (Å²) < 4.78 is 31.4. The number of carbonyl (C=O) groups excluding carboxylic acids is 1. The van der Waals surface area contributed by atoms with Crippen LogP contribution in [0.25, 0.3) is 0 Å². The Kier molecular flexibility index (Phi) is 18.0. The van der Waals surface area contributed by atoms with Crippen LogP contribution in [-0.4, -0.2) is 198 Å². The molecule has 9 aliphatic rings. The Hall–Kier alpha value is -3.66. The highest BCUT2D eigenvalue weighted by atomic mass is 33.1. The smallest absolute Gasteiger partial charge is 0.339 e. The van der Waals surface area contributed by atoms with Crippen molar-refractivity contribution < 1.29 is 74.1 Å². The number of hydrogen-bond acceptors (Lipinski definition) is 23. The number of aliphatic carboxylic acids is 1. The van der Waals surface area contributed by atoms with Crippen LogP contribution < -0.4 is 22.1 Å². The van der Waals surface area contributed by atoms with Crippen molar-refractivity contribution in [2.75, 3.05) is 51.0 Å². The molecule has 1 saturated carbocycles. The molecule has 0 aromatic carbocycles. The van der Waals surface area contributed by atoms with E-state index in [1.807, 2.05) is 17.1 Å². The highest BCUT2D eigenvalue weighted by Crippen LogP contribution is 2.57. The number of carboxylic acids is 1. The van der Waals surface area contributed by atoms with Gasteiger partial charge >= 0.3 is 11.9 Å². The van der Waals surface area contributed by atoms with Gasteiger partial charge in [-0.2, -0.15) is 0 Å². The van der Waals surface area contributed by atoms with Crippen LogP contribution in [0.15, 0.2) is 68.7 Å². The van der Waals surface area contributed by atoms with Gasteiger partial charge in [-0.15, -0.1) is 0 Å². The van der Waals surface area contributed by atoms with Crippen molar-refractivity contribution in [1.82, 2.24) is 15.5 Å². The number of nitrogens with two attached hydrogens (primary N) is 2. The number of fused-ring (bicyclic) bond motifs is 5. The van der Waals surface area contributed by atoms with Gasteiger partial charge < -0.3 is 91.5 Å². The molecule has 0 spiro atoms. The van der Waals surface area contributed by atoms with Crippen molar-refractivity contribution >= 4 is 67.0 Å². The Morgan fingerprint density at radius 3 is 2.70 bits per heavy atom. The lowest BCUT2D eigenvalue weighted by Gasteiger charge is -2.51. The number of carboxylic acid groups (broad SMARTS) is 1. The number of ether oxygens (including phenoxy) is 5. The van der Waals surface area contributed by atoms with E-state index >= 15 is 4.79 Å². The van der Waals surface area contributed by atoms with Gasteiger partial charge in [0.05, 0.1) is 65.2 Å². The highest BCUT2D eigenvalue weighted by Gasteiger charge is 2.61. The minimum atomic E-state index is -3.03. The molecular weight excluding hydrogens is 1070 g/mol. The number of aliphatic hydroxyl groups is 7. The number of carbonyl (C=O) groups is 2. The van der Waals surface area contributed by atoms with Crippen molar-refractivity contribution in [3.63, 3.8) is 0 Å². The topological polar surface area (TPSA) is 346 Å². The standard InChI is InChI=1S/C50H69N7O15S4/c1-25(2)69-40-44(71-36(22-61)39(62)50(40,66)67)72-45-48-9-3-14-73-76-49(17-30-16-29(8-10-48)54-47(52)55-30)11-7-26-15-28-18-57(19-31(42(63)64)38(28)56-46(51)53-12-4-13-58)34(21-60)41(49)75-74-24-33-27(20-59)5-6-35(33)70-43(65)32(23-68-45)37(26)48/h3,9,15,19,23,25,27,29-30,33-37,39-41,44-45,58-62,66-67H,4-6,8,10,12-14,16-18,20-22,24H2,1-2H3,(H,63,64)(H3,51,53,56)(H3,52,54,55)/t27-,29-,30+,33-,34-,35+,36-,37-,39-,40+,41+,44+,45+,48+,49-/m1/s1.